The normalized spacial score (nSPS) is 9.93. The van der Waals surface area contributed by atoms with E-state index in [1.54, 1.807) is 6.20 Å². The zero-order valence-electron chi connectivity index (χ0n) is 8.45. The molecule has 1 aromatic rings. The summed E-state index contributed by atoms with van der Waals surface area (Å²) < 4.78 is 0. The first-order chi connectivity index (χ1) is 7.08. The number of primary amides is 1. The summed E-state index contributed by atoms with van der Waals surface area (Å²) in [6.07, 6.45) is 2.71. The summed E-state index contributed by atoms with van der Waals surface area (Å²) in [5, 5.41) is 3.25. The second kappa shape index (κ2) is 5.45. The molecule has 0 saturated heterocycles. The van der Waals surface area contributed by atoms with Crippen LogP contribution in [-0.2, 0) is 9.59 Å². The van der Waals surface area contributed by atoms with Gasteiger partial charge in [-0.05, 0) is 13.3 Å². The predicted molar refractivity (Wildman–Crippen MR) is 58.5 cm³/mol. The average Bonchev–Trinajstić information content (AvgIpc) is 2.50. The van der Waals surface area contributed by atoms with E-state index in [4.69, 9.17) is 5.73 Å². The van der Waals surface area contributed by atoms with Crippen LogP contribution in [0.5, 0.6) is 0 Å². The zero-order chi connectivity index (χ0) is 11.3. The number of thiazole rings is 1. The molecule has 0 spiro atoms. The zero-order valence-corrected chi connectivity index (χ0v) is 9.26. The van der Waals surface area contributed by atoms with E-state index < -0.39 is 0 Å². The monoisotopic (exact) mass is 227 g/mol. The minimum atomic E-state index is -0.382. The summed E-state index contributed by atoms with van der Waals surface area (Å²) >= 11 is 1.42. The van der Waals surface area contributed by atoms with Gasteiger partial charge in [-0.15, -0.1) is 11.3 Å². The molecule has 15 heavy (non-hydrogen) atoms. The summed E-state index contributed by atoms with van der Waals surface area (Å²) in [7, 11) is 0. The van der Waals surface area contributed by atoms with E-state index in [1.807, 2.05) is 6.92 Å². The minimum Gasteiger partial charge on any atom is -0.370 e. The Morgan fingerprint density at radius 3 is 2.80 bits per heavy atom. The molecule has 0 aliphatic heterocycles. The van der Waals surface area contributed by atoms with Crippen molar-refractivity contribution in [3.05, 3.63) is 11.1 Å². The van der Waals surface area contributed by atoms with Crippen molar-refractivity contribution in [2.24, 2.45) is 5.73 Å². The van der Waals surface area contributed by atoms with Gasteiger partial charge in [-0.3, -0.25) is 9.59 Å². The van der Waals surface area contributed by atoms with Crippen LogP contribution in [0.25, 0.3) is 0 Å². The SMILES string of the molecule is Cc1cnc(NC(=O)CCCC(N)=O)s1. The number of hydrogen-bond donors (Lipinski definition) is 2. The number of rotatable bonds is 5. The smallest absolute Gasteiger partial charge is 0.226 e. The Hall–Kier alpha value is -1.43. The van der Waals surface area contributed by atoms with Gasteiger partial charge in [0.1, 0.15) is 0 Å². The molecule has 0 aliphatic rings. The molecular formula is C9H13N3O2S. The van der Waals surface area contributed by atoms with Crippen molar-refractivity contribution in [1.29, 1.82) is 0 Å². The maximum absolute atomic E-state index is 11.3. The molecule has 0 unspecified atom stereocenters. The number of anilines is 1. The van der Waals surface area contributed by atoms with Gasteiger partial charge in [-0.25, -0.2) is 4.98 Å². The Kier molecular flexibility index (Phi) is 4.23. The first-order valence-corrected chi connectivity index (χ1v) is 5.40. The van der Waals surface area contributed by atoms with Crippen LogP contribution in [0, 0.1) is 6.92 Å². The molecule has 6 heteroatoms. The van der Waals surface area contributed by atoms with E-state index >= 15 is 0 Å². The molecule has 1 aromatic heterocycles. The highest BCUT2D eigenvalue weighted by atomic mass is 32.1. The third-order valence-corrected chi connectivity index (χ3v) is 2.52. The molecule has 0 radical (unpaired) electrons. The lowest BCUT2D eigenvalue weighted by Crippen LogP contribution is -2.14. The van der Waals surface area contributed by atoms with Crippen LogP contribution in [0.4, 0.5) is 5.13 Å². The van der Waals surface area contributed by atoms with Gasteiger partial charge < -0.3 is 11.1 Å². The molecule has 0 saturated carbocycles. The van der Waals surface area contributed by atoms with E-state index in [-0.39, 0.29) is 18.2 Å². The first-order valence-electron chi connectivity index (χ1n) is 4.58. The highest BCUT2D eigenvalue weighted by Crippen LogP contribution is 2.16. The number of nitrogens with zero attached hydrogens (tertiary/aromatic N) is 1. The van der Waals surface area contributed by atoms with Crippen LogP contribution in [0.1, 0.15) is 24.1 Å². The van der Waals surface area contributed by atoms with E-state index in [9.17, 15) is 9.59 Å². The number of carbonyl (C=O) groups is 2. The Bertz CT molecular complexity index is 362. The molecule has 5 nitrogen and oxygen atoms in total. The molecule has 0 atom stereocenters. The van der Waals surface area contributed by atoms with Gasteiger partial charge in [0.2, 0.25) is 11.8 Å². The van der Waals surface area contributed by atoms with Crippen molar-refractivity contribution in [3.8, 4) is 0 Å². The molecule has 0 fully saturated rings. The second-order valence-corrected chi connectivity index (χ2v) is 4.38. The number of carbonyl (C=O) groups excluding carboxylic acids is 2. The minimum absolute atomic E-state index is 0.134. The van der Waals surface area contributed by atoms with Crippen LogP contribution < -0.4 is 11.1 Å². The van der Waals surface area contributed by atoms with Crippen molar-refractivity contribution in [2.75, 3.05) is 5.32 Å². The van der Waals surface area contributed by atoms with Crippen molar-refractivity contribution in [3.63, 3.8) is 0 Å². The fraction of sp³-hybridized carbons (Fsp3) is 0.444. The molecule has 1 rings (SSSR count). The summed E-state index contributed by atoms with van der Waals surface area (Å²) in [4.78, 5) is 26.8. The lowest BCUT2D eigenvalue weighted by atomic mass is 10.2. The van der Waals surface area contributed by atoms with Crippen LogP contribution >= 0.6 is 11.3 Å². The van der Waals surface area contributed by atoms with E-state index in [1.165, 1.54) is 11.3 Å². The van der Waals surface area contributed by atoms with Gasteiger partial charge in [0.15, 0.2) is 5.13 Å². The van der Waals surface area contributed by atoms with Gasteiger partial charge in [0.05, 0.1) is 0 Å². The predicted octanol–water partition coefficient (Wildman–Crippen LogP) is 1.05. The van der Waals surface area contributed by atoms with Crippen LogP contribution in [-0.4, -0.2) is 16.8 Å². The molecule has 0 bridgehead atoms. The summed E-state index contributed by atoms with van der Waals surface area (Å²) in [6.45, 7) is 1.92. The summed E-state index contributed by atoms with van der Waals surface area (Å²) in [5.74, 6) is -0.515. The van der Waals surface area contributed by atoms with Gasteiger partial charge in [-0.2, -0.15) is 0 Å². The third-order valence-electron chi connectivity index (χ3n) is 1.69. The molecule has 0 aliphatic carbocycles. The van der Waals surface area contributed by atoms with Crippen molar-refractivity contribution < 1.29 is 9.59 Å². The standard InChI is InChI=1S/C9H13N3O2S/c1-6-5-11-9(15-6)12-8(14)4-2-3-7(10)13/h5H,2-4H2,1H3,(H2,10,13)(H,11,12,14). The van der Waals surface area contributed by atoms with E-state index in [2.05, 4.69) is 10.3 Å². The maximum atomic E-state index is 11.3. The van der Waals surface area contributed by atoms with Crippen molar-refractivity contribution in [2.45, 2.75) is 26.2 Å². The Morgan fingerprint density at radius 1 is 1.53 bits per heavy atom. The van der Waals surface area contributed by atoms with Crippen molar-refractivity contribution >= 4 is 28.3 Å². The number of nitrogens with two attached hydrogens (primary N) is 1. The first kappa shape index (κ1) is 11.6. The fourth-order valence-corrected chi connectivity index (χ4v) is 1.70. The van der Waals surface area contributed by atoms with Gasteiger partial charge in [-0.1, -0.05) is 0 Å². The van der Waals surface area contributed by atoms with Crippen LogP contribution in [0.2, 0.25) is 0 Å². The third kappa shape index (κ3) is 4.55. The van der Waals surface area contributed by atoms with Gasteiger partial charge >= 0.3 is 0 Å². The molecule has 2 amide bonds. The number of amides is 2. The lowest BCUT2D eigenvalue weighted by molar-refractivity contribution is -0.118. The Labute approximate surface area is 91.7 Å². The number of hydrogen-bond acceptors (Lipinski definition) is 4. The van der Waals surface area contributed by atoms with E-state index in [0.717, 1.165) is 4.88 Å². The summed E-state index contributed by atoms with van der Waals surface area (Å²) in [5.41, 5.74) is 4.95. The highest BCUT2D eigenvalue weighted by Gasteiger charge is 2.05. The van der Waals surface area contributed by atoms with Gasteiger partial charge in [0.25, 0.3) is 0 Å². The van der Waals surface area contributed by atoms with Crippen LogP contribution in [0.3, 0.4) is 0 Å². The molecule has 82 valence electrons. The number of aromatic nitrogens is 1. The molecule has 1 heterocycles. The topological polar surface area (TPSA) is 85.1 Å². The van der Waals surface area contributed by atoms with Crippen molar-refractivity contribution in [1.82, 2.24) is 4.98 Å². The number of nitrogens with one attached hydrogen (secondary N) is 1. The van der Waals surface area contributed by atoms with E-state index in [0.29, 0.717) is 18.0 Å². The molecule has 0 aromatic carbocycles. The average molecular weight is 227 g/mol. The maximum Gasteiger partial charge on any atom is 0.226 e. The second-order valence-electron chi connectivity index (χ2n) is 3.14. The Morgan fingerprint density at radius 2 is 2.27 bits per heavy atom. The lowest BCUT2D eigenvalue weighted by Gasteiger charge is -1.99. The fourth-order valence-electron chi connectivity index (χ4n) is 1.02. The van der Waals surface area contributed by atoms with Crippen LogP contribution in [0.15, 0.2) is 6.20 Å². The summed E-state index contributed by atoms with van der Waals surface area (Å²) in [6, 6.07) is 0. The quantitative estimate of drug-likeness (QED) is 0.788. The number of aryl methyl sites for hydroxylation is 1. The molecular weight excluding hydrogens is 214 g/mol. The largest absolute Gasteiger partial charge is 0.370 e. The Balaban J connectivity index is 2.27. The molecule has 3 N–H and O–H groups in total. The highest BCUT2D eigenvalue weighted by molar-refractivity contribution is 7.15. The van der Waals surface area contributed by atoms with Gasteiger partial charge in [0, 0.05) is 23.9 Å².